The van der Waals surface area contributed by atoms with Crippen LogP contribution in [0, 0.1) is 0 Å². The number of rotatable bonds is 4. The van der Waals surface area contributed by atoms with Crippen molar-refractivity contribution >= 4 is 61.1 Å². The van der Waals surface area contributed by atoms with Crippen LogP contribution in [0.5, 0.6) is 0 Å². The van der Waals surface area contributed by atoms with Gasteiger partial charge in [-0.2, -0.15) is 0 Å². The van der Waals surface area contributed by atoms with Gasteiger partial charge in [0.2, 0.25) is 0 Å². The van der Waals surface area contributed by atoms with Gasteiger partial charge in [0, 0.05) is 26.8 Å². The van der Waals surface area contributed by atoms with Crippen LogP contribution in [-0.4, -0.2) is 33.1 Å². The molecule has 6 nitrogen and oxygen atoms in total. The number of hydrogen-bond acceptors (Lipinski definition) is 6. The fourth-order valence-electron chi connectivity index (χ4n) is 9.91. The van der Waals surface area contributed by atoms with Crippen LogP contribution in [0.25, 0.3) is 22.3 Å². The van der Waals surface area contributed by atoms with Crippen LogP contribution in [0.4, 0.5) is 0 Å². The Hall–Kier alpha value is -6.44. The number of nitrogens with zero attached hydrogens (tertiary/aromatic N) is 4. The Labute approximate surface area is 455 Å². The number of fused-ring (bicyclic) bond motifs is 4. The Morgan fingerprint density at radius 1 is 0.320 bits per heavy atom. The molecule has 0 fully saturated rings. The van der Waals surface area contributed by atoms with Crippen molar-refractivity contribution in [2.75, 3.05) is 0 Å². The van der Waals surface area contributed by atoms with Crippen LogP contribution < -0.4 is 0 Å². The lowest BCUT2D eigenvalue weighted by Gasteiger charge is -2.27. The highest BCUT2D eigenvalue weighted by atomic mass is 79.9. The van der Waals surface area contributed by atoms with Crippen LogP contribution in [0.15, 0.2) is 174 Å². The van der Waals surface area contributed by atoms with Crippen molar-refractivity contribution in [1.82, 2.24) is 0 Å². The Morgan fingerprint density at radius 3 is 0.960 bits per heavy atom. The summed E-state index contributed by atoms with van der Waals surface area (Å²) in [5, 5.41) is 25.5. The highest BCUT2D eigenvalue weighted by Gasteiger charge is 2.36. The average molecular weight is 1060 g/mol. The molecule has 4 aromatic rings. The fourth-order valence-corrected chi connectivity index (χ4v) is 10.2. The SMILES string of the molecule is CC(C)(C)c1cc(C2=C3C=CC(=N3)C(c3cc(C(C)(C)C)cc(C(C)(C)C)c3)=C3N=C(C(O)=C3O)C(c3cc(C(C)(C)C)cc(C(C)(C)C)c3)=C3C=CC(=N3)C(c3ccc(Br)cc3)=C3C=CC2=N3)cc(C(C)(C)C)c1. The van der Waals surface area contributed by atoms with Gasteiger partial charge in [0.25, 0.3) is 0 Å². The monoisotopic (exact) mass is 1060 g/mol. The van der Waals surface area contributed by atoms with E-state index in [-0.39, 0.29) is 55.4 Å². The minimum Gasteiger partial charge on any atom is -0.503 e. The summed E-state index contributed by atoms with van der Waals surface area (Å²) < 4.78 is 0.961. The second-order valence-electron chi connectivity index (χ2n) is 27.1. The van der Waals surface area contributed by atoms with Crippen LogP contribution in [0.1, 0.15) is 180 Å². The van der Waals surface area contributed by atoms with Gasteiger partial charge in [0.1, 0.15) is 11.4 Å². The number of benzene rings is 4. The van der Waals surface area contributed by atoms with E-state index in [0.717, 1.165) is 77.2 Å². The second kappa shape index (κ2) is 18.4. The molecule has 5 aliphatic rings. The molecule has 0 unspecified atom stereocenters. The van der Waals surface area contributed by atoms with E-state index >= 15 is 0 Å². The zero-order chi connectivity index (χ0) is 54.7. The molecule has 0 saturated carbocycles. The Balaban J connectivity index is 1.48. The summed E-state index contributed by atoms with van der Waals surface area (Å²) >= 11 is 3.69. The number of aliphatic hydroxyl groups is 2. The molecule has 5 heterocycles. The second-order valence-corrected chi connectivity index (χ2v) is 28.0. The lowest BCUT2D eigenvalue weighted by molar-refractivity contribution is 0.359. The van der Waals surface area contributed by atoms with E-state index in [1.54, 1.807) is 0 Å². The van der Waals surface area contributed by atoms with Gasteiger partial charge in [-0.15, -0.1) is 0 Å². The molecule has 0 amide bonds. The number of allylic oxidation sites excluding steroid dienone is 10. The van der Waals surface area contributed by atoms with E-state index in [0.29, 0.717) is 28.3 Å². The van der Waals surface area contributed by atoms with Crippen molar-refractivity contribution in [1.29, 1.82) is 0 Å². The van der Waals surface area contributed by atoms with Gasteiger partial charge in [-0.3, -0.25) is 0 Å². The highest BCUT2D eigenvalue weighted by molar-refractivity contribution is 9.10. The molecule has 5 aliphatic heterocycles. The lowest BCUT2D eigenvalue weighted by Crippen LogP contribution is -2.18. The number of aliphatic imine (C=N–C) groups is 4. The Kier molecular flexibility index (Phi) is 13.1. The molecule has 0 aromatic heterocycles. The molecule has 0 aliphatic carbocycles. The van der Waals surface area contributed by atoms with E-state index in [1.807, 2.05) is 30.4 Å². The molecule has 75 heavy (non-hydrogen) atoms. The molecule has 9 rings (SSSR count). The molecule has 4 aromatic carbocycles. The molecule has 7 heteroatoms. The predicted molar refractivity (Wildman–Crippen MR) is 323 cm³/mol. The lowest BCUT2D eigenvalue weighted by atomic mass is 9.78. The molecule has 0 spiro atoms. The van der Waals surface area contributed by atoms with Crippen molar-refractivity contribution in [3.8, 4) is 0 Å². The predicted octanol–water partition coefficient (Wildman–Crippen LogP) is 18.0. The zero-order valence-electron chi connectivity index (χ0n) is 47.5. The first-order valence-electron chi connectivity index (χ1n) is 26.4. The van der Waals surface area contributed by atoms with Gasteiger partial charge in [-0.25, -0.2) is 20.0 Å². The van der Waals surface area contributed by atoms with Gasteiger partial charge in [-0.1, -0.05) is 207 Å². The Morgan fingerprint density at radius 2 is 0.613 bits per heavy atom. The van der Waals surface area contributed by atoms with E-state index in [2.05, 4.69) is 226 Å². The van der Waals surface area contributed by atoms with E-state index in [4.69, 9.17) is 20.0 Å². The van der Waals surface area contributed by atoms with Gasteiger partial charge >= 0.3 is 0 Å². The standard InChI is InChI=1S/C68H75BrN4O2/c1-63(2,3)42-29-39(30-43(35-42)64(4,5)6)56-51-24-23-49(70-51)55(38-19-21-48(69)22-20-38)50-25-27-53(71-50)57(40-31-44(65(7,8)9)36-45(32-40)66(10,11)12)59-61(74)62(75)60(73-59)58(54-28-26-52(56)72-54)41-33-46(67(13,14)15)37-47(34-41)68(16,17)18/h19-37,74-75H,1-18H3. The van der Waals surface area contributed by atoms with E-state index in [9.17, 15) is 10.2 Å². The van der Waals surface area contributed by atoms with Crippen LogP contribution in [0.3, 0.4) is 0 Å². The molecular weight excluding hydrogens is 985 g/mol. The molecule has 386 valence electrons. The normalized spacial score (nSPS) is 17.5. The van der Waals surface area contributed by atoms with Crippen molar-refractivity contribution in [2.24, 2.45) is 20.0 Å². The summed E-state index contributed by atoms with van der Waals surface area (Å²) in [5.41, 5.74) is 17.0. The summed E-state index contributed by atoms with van der Waals surface area (Å²) in [6, 6.07) is 28.6. The largest absolute Gasteiger partial charge is 0.503 e. The van der Waals surface area contributed by atoms with Crippen molar-refractivity contribution in [3.63, 3.8) is 0 Å². The molecule has 0 atom stereocenters. The van der Waals surface area contributed by atoms with Gasteiger partial charge in [0.15, 0.2) is 11.5 Å². The van der Waals surface area contributed by atoms with Gasteiger partial charge in [-0.05, 0) is 137 Å². The molecule has 0 radical (unpaired) electrons. The zero-order valence-corrected chi connectivity index (χ0v) is 49.1. The third kappa shape index (κ3) is 10.5. The van der Waals surface area contributed by atoms with Crippen LogP contribution in [-0.2, 0) is 32.5 Å². The van der Waals surface area contributed by atoms with Crippen molar-refractivity contribution in [2.45, 2.75) is 157 Å². The molecule has 2 N–H and O–H groups in total. The smallest absolute Gasteiger partial charge is 0.186 e. The van der Waals surface area contributed by atoms with Crippen LogP contribution in [0.2, 0.25) is 0 Å². The van der Waals surface area contributed by atoms with Gasteiger partial charge < -0.3 is 10.2 Å². The van der Waals surface area contributed by atoms with Crippen LogP contribution >= 0.6 is 15.9 Å². The minimum atomic E-state index is -0.320. The average Bonchev–Trinajstić information content (AvgIpc) is 4.13. The third-order valence-electron chi connectivity index (χ3n) is 14.8. The summed E-state index contributed by atoms with van der Waals surface area (Å²) in [4.78, 5) is 22.2. The summed E-state index contributed by atoms with van der Waals surface area (Å²) in [7, 11) is 0. The van der Waals surface area contributed by atoms with Crippen molar-refractivity contribution in [3.05, 3.63) is 210 Å². The maximum absolute atomic E-state index is 12.8. The molecule has 8 bridgehead atoms. The number of aliphatic hydroxyl groups excluding tert-OH is 2. The maximum atomic E-state index is 12.8. The Bertz CT molecular complexity index is 3410. The third-order valence-corrected chi connectivity index (χ3v) is 15.3. The van der Waals surface area contributed by atoms with E-state index in [1.165, 1.54) is 11.1 Å². The molecule has 0 saturated heterocycles. The summed E-state index contributed by atoms with van der Waals surface area (Å²) in [6.45, 7) is 40.2. The first-order chi connectivity index (χ1) is 34.7. The fraction of sp³-hybridized carbons (Fsp3) is 0.353. The van der Waals surface area contributed by atoms with Crippen molar-refractivity contribution < 1.29 is 10.2 Å². The highest BCUT2D eigenvalue weighted by Crippen LogP contribution is 2.45. The molecular formula is C68H75BrN4O2. The number of halogens is 1. The first kappa shape index (κ1) is 53.4. The summed E-state index contributed by atoms with van der Waals surface area (Å²) in [6.07, 6.45) is 12.4. The number of hydrogen-bond donors (Lipinski definition) is 2. The maximum Gasteiger partial charge on any atom is 0.186 e. The van der Waals surface area contributed by atoms with Gasteiger partial charge in [0.05, 0.1) is 34.2 Å². The summed E-state index contributed by atoms with van der Waals surface area (Å²) in [5.74, 6) is -0.639. The quantitative estimate of drug-likeness (QED) is 0.213. The topological polar surface area (TPSA) is 89.9 Å². The van der Waals surface area contributed by atoms with E-state index < -0.39 is 0 Å². The first-order valence-corrected chi connectivity index (χ1v) is 27.2. The minimum absolute atomic E-state index is 0.156.